The molecular weight excluding hydrogens is 330 g/mol. The monoisotopic (exact) mass is 349 g/mol. The van der Waals surface area contributed by atoms with E-state index in [0.29, 0.717) is 6.61 Å². The molecule has 5 heteroatoms. The molecule has 112 valence electrons. The normalized spacial score (nSPS) is 17.6. The molecule has 0 amide bonds. The Balaban J connectivity index is 1.77. The zero-order chi connectivity index (χ0) is 15.0. The van der Waals surface area contributed by atoms with Crippen LogP contribution in [0.1, 0.15) is 41.4 Å². The number of hydrogen-bond acceptors (Lipinski definition) is 3. The first kappa shape index (κ1) is 14.6. The van der Waals surface area contributed by atoms with E-state index in [9.17, 15) is 0 Å². The molecule has 1 unspecified atom stereocenters. The number of rotatable bonds is 3. The molecule has 2 aromatic rings. The molecule has 1 aromatic heterocycles. The lowest BCUT2D eigenvalue weighted by Gasteiger charge is -2.22. The van der Waals surface area contributed by atoms with Gasteiger partial charge in [-0.25, -0.2) is 0 Å². The number of aromatic nitrogens is 2. The molecule has 21 heavy (non-hydrogen) atoms. The van der Waals surface area contributed by atoms with Gasteiger partial charge in [-0.1, -0.05) is 6.07 Å². The van der Waals surface area contributed by atoms with Gasteiger partial charge in [-0.05, 0) is 65.4 Å². The first-order valence-corrected chi connectivity index (χ1v) is 8.04. The van der Waals surface area contributed by atoms with E-state index in [0.717, 1.165) is 40.9 Å². The van der Waals surface area contributed by atoms with Crippen LogP contribution in [0.25, 0.3) is 0 Å². The van der Waals surface area contributed by atoms with E-state index >= 15 is 0 Å². The molecule has 0 saturated heterocycles. The highest BCUT2D eigenvalue weighted by Gasteiger charge is 2.17. The Morgan fingerprint density at radius 1 is 1.48 bits per heavy atom. The van der Waals surface area contributed by atoms with Crippen molar-refractivity contribution >= 4 is 15.9 Å². The van der Waals surface area contributed by atoms with Crippen LogP contribution in [0.5, 0.6) is 5.75 Å². The topological polar surface area (TPSA) is 53.1 Å². The van der Waals surface area contributed by atoms with Crippen LogP contribution < -0.4 is 10.5 Å². The lowest BCUT2D eigenvalue weighted by Crippen LogP contribution is -2.17. The zero-order valence-electron chi connectivity index (χ0n) is 12.4. The third-order valence-electron chi connectivity index (χ3n) is 4.11. The van der Waals surface area contributed by atoms with Crippen LogP contribution in [-0.2, 0) is 20.1 Å². The van der Waals surface area contributed by atoms with E-state index < -0.39 is 0 Å². The van der Waals surface area contributed by atoms with Crippen molar-refractivity contribution in [2.24, 2.45) is 12.8 Å². The van der Waals surface area contributed by atoms with Gasteiger partial charge in [0.15, 0.2) is 0 Å². The minimum absolute atomic E-state index is 0.177. The van der Waals surface area contributed by atoms with Crippen LogP contribution in [0.2, 0.25) is 0 Å². The summed E-state index contributed by atoms with van der Waals surface area (Å²) in [6.07, 6.45) is 3.33. The quantitative estimate of drug-likeness (QED) is 0.923. The van der Waals surface area contributed by atoms with Gasteiger partial charge < -0.3 is 10.5 Å². The molecule has 4 nitrogen and oxygen atoms in total. The number of benzene rings is 1. The number of hydrogen-bond donors (Lipinski definition) is 1. The molecule has 1 aliphatic rings. The molecular formula is C16H20BrN3O. The predicted molar refractivity (Wildman–Crippen MR) is 86.3 cm³/mol. The van der Waals surface area contributed by atoms with Gasteiger partial charge in [-0.3, -0.25) is 4.68 Å². The summed E-state index contributed by atoms with van der Waals surface area (Å²) in [4.78, 5) is 0. The fourth-order valence-corrected chi connectivity index (χ4v) is 3.36. The maximum atomic E-state index is 6.15. The highest BCUT2D eigenvalue weighted by molar-refractivity contribution is 9.10. The molecule has 1 aliphatic carbocycles. The van der Waals surface area contributed by atoms with Crippen molar-refractivity contribution in [3.05, 3.63) is 45.2 Å². The molecule has 0 radical (unpaired) electrons. The first-order valence-electron chi connectivity index (χ1n) is 7.25. The molecule has 0 fully saturated rings. The third-order valence-corrected chi connectivity index (χ3v) is 5.14. The fourth-order valence-electron chi connectivity index (χ4n) is 2.91. The number of nitrogens with two attached hydrogens (primary N) is 1. The summed E-state index contributed by atoms with van der Waals surface area (Å²) < 4.78 is 8.81. The summed E-state index contributed by atoms with van der Waals surface area (Å²) in [5, 5.41) is 4.38. The van der Waals surface area contributed by atoms with Gasteiger partial charge in [-0.15, -0.1) is 0 Å². The number of ether oxygens (including phenoxy) is 1. The number of halogens is 1. The molecule has 0 aliphatic heterocycles. The Kier molecular flexibility index (Phi) is 4.04. The van der Waals surface area contributed by atoms with Crippen LogP contribution in [0.3, 0.4) is 0 Å². The van der Waals surface area contributed by atoms with Crippen molar-refractivity contribution in [1.29, 1.82) is 0 Å². The van der Waals surface area contributed by atoms with Crippen LogP contribution in [-0.4, -0.2) is 9.78 Å². The molecule has 2 N–H and O–H groups in total. The van der Waals surface area contributed by atoms with Gasteiger partial charge >= 0.3 is 0 Å². The summed E-state index contributed by atoms with van der Waals surface area (Å²) in [5.41, 5.74) is 10.8. The minimum atomic E-state index is 0.177. The molecule has 1 atom stereocenters. The highest BCUT2D eigenvalue weighted by Crippen LogP contribution is 2.31. The van der Waals surface area contributed by atoms with Gasteiger partial charge in [0.25, 0.3) is 0 Å². The van der Waals surface area contributed by atoms with Crippen molar-refractivity contribution in [1.82, 2.24) is 9.78 Å². The number of fused-ring (bicyclic) bond motifs is 1. The van der Waals surface area contributed by atoms with Gasteiger partial charge in [0.05, 0.1) is 15.9 Å². The van der Waals surface area contributed by atoms with Crippen molar-refractivity contribution in [2.75, 3.05) is 0 Å². The second-order valence-corrected chi connectivity index (χ2v) is 6.41. The van der Waals surface area contributed by atoms with Crippen LogP contribution >= 0.6 is 15.9 Å². The molecule has 0 bridgehead atoms. The van der Waals surface area contributed by atoms with Crippen molar-refractivity contribution < 1.29 is 4.74 Å². The van der Waals surface area contributed by atoms with Crippen molar-refractivity contribution in [3.8, 4) is 5.75 Å². The van der Waals surface area contributed by atoms with Gasteiger partial charge in [-0.2, -0.15) is 5.10 Å². The SMILES string of the molecule is Cc1nn(C)c(COc2ccc3c(c2)CCCC3N)c1Br. The zero-order valence-corrected chi connectivity index (χ0v) is 14.0. The molecule has 0 spiro atoms. The van der Waals surface area contributed by atoms with Crippen molar-refractivity contribution in [3.63, 3.8) is 0 Å². The Labute approximate surface area is 133 Å². The Morgan fingerprint density at radius 2 is 2.29 bits per heavy atom. The lowest BCUT2D eigenvalue weighted by atomic mass is 9.88. The van der Waals surface area contributed by atoms with E-state index in [1.54, 1.807) is 0 Å². The number of nitrogens with zero attached hydrogens (tertiary/aromatic N) is 2. The number of aryl methyl sites for hydroxylation is 3. The largest absolute Gasteiger partial charge is 0.487 e. The Hall–Kier alpha value is -1.33. The predicted octanol–water partition coefficient (Wildman–Crippen LogP) is 3.41. The molecule has 0 saturated carbocycles. The van der Waals surface area contributed by atoms with Crippen LogP contribution in [0.15, 0.2) is 22.7 Å². The molecule has 1 heterocycles. The second kappa shape index (κ2) is 5.81. The van der Waals surface area contributed by atoms with E-state index in [1.165, 1.54) is 11.1 Å². The highest BCUT2D eigenvalue weighted by atomic mass is 79.9. The Morgan fingerprint density at radius 3 is 3.00 bits per heavy atom. The first-order chi connectivity index (χ1) is 10.1. The molecule has 1 aromatic carbocycles. The van der Waals surface area contributed by atoms with E-state index in [4.69, 9.17) is 10.5 Å². The third kappa shape index (κ3) is 2.85. The average molecular weight is 350 g/mol. The summed E-state index contributed by atoms with van der Waals surface area (Å²) in [6.45, 7) is 2.48. The minimum Gasteiger partial charge on any atom is -0.487 e. The van der Waals surface area contributed by atoms with Crippen molar-refractivity contribution in [2.45, 2.75) is 38.8 Å². The fraction of sp³-hybridized carbons (Fsp3) is 0.438. The molecule has 3 rings (SSSR count). The summed E-state index contributed by atoms with van der Waals surface area (Å²) in [5.74, 6) is 0.897. The lowest BCUT2D eigenvalue weighted by molar-refractivity contribution is 0.293. The van der Waals surface area contributed by atoms with E-state index in [1.807, 2.05) is 24.7 Å². The van der Waals surface area contributed by atoms with Crippen LogP contribution in [0, 0.1) is 6.92 Å². The summed E-state index contributed by atoms with van der Waals surface area (Å²) in [7, 11) is 1.93. The van der Waals surface area contributed by atoms with Gasteiger partial charge in [0.2, 0.25) is 0 Å². The van der Waals surface area contributed by atoms with Gasteiger partial charge in [0, 0.05) is 13.1 Å². The Bertz CT molecular complexity index is 666. The smallest absolute Gasteiger partial charge is 0.131 e. The summed E-state index contributed by atoms with van der Waals surface area (Å²) in [6, 6.07) is 6.43. The standard InChI is InChI=1S/C16H20BrN3O/c1-10-16(17)15(20(2)19-10)9-21-12-6-7-13-11(8-12)4-3-5-14(13)18/h6-8,14H,3-5,9,18H2,1-2H3. The average Bonchev–Trinajstić information content (AvgIpc) is 2.70. The van der Waals surface area contributed by atoms with E-state index in [2.05, 4.69) is 33.2 Å². The summed E-state index contributed by atoms with van der Waals surface area (Å²) >= 11 is 3.56. The van der Waals surface area contributed by atoms with Crippen LogP contribution in [0.4, 0.5) is 0 Å². The maximum absolute atomic E-state index is 6.15. The maximum Gasteiger partial charge on any atom is 0.131 e. The van der Waals surface area contributed by atoms with Gasteiger partial charge in [0.1, 0.15) is 12.4 Å². The second-order valence-electron chi connectivity index (χ2n) is 5.62. The van der Waals surface area contributed by atoms with E-state index in [-0.39, 0.29) is 6.04 Å².